The molecule has 4 aromatic rings. The zero-order valence-electron chi connectivity index (χ0n) is 17.9. The summed E-state index contributed by atoms with van der Waals surface area (Å²) in [6, 6.07) is 11.5. The Morgan fingerprint density at radius 2 is 2.09 bits per heavy atom. The molecule has 0 radical (unpaired) electrons. The molecule has 1 N–H and O–H groups in total. The second-order valence-electron chi connectivity index (χ2n) is 7.43. The molecule has 0 saturated carbocycles. The molecule has 1 amide bonds. The number of likely N-dealkylation sites (N-methyl/N-ethyl adjacent to an activating group) is 1. The third-order valence-corrected chi connectivity index (χ3v) is 7.01. The summed E-state index contributed by atoms with van der Waals surface area (Å²) in [6.45, 7) is 4.59. The number of carbonyl (C=O) groups is 1. The van der Waals surface area contributed by atoms with Gasteiger partial charge in [-0.15, -0.1) is 28.1 Å². The van der Waals surface area contributed by atoms with Crippen LogP contribution in [-0.4, -0.2) is 56.4 Å². The molecule has 4 rings (SSSR count). The summed E-state index contributed by atoms with van der Waals surface area (Å²) in [6.07, 6.45) is 1.65. The second-order valence-corrected chi connectivity index (χ2v) is 9.35. The van der Waals surface area contributed by atoms with Gasteiger partial charge in [0.15, 0.2) is 5.16 Å². The van der Waals surface area contributed by atoms with Crippen molar-refractivity contribution in [1.29, 1.82) is 0 Å². The quantitative estimate of drug-likeness (QED) is 0.300. The molecule has 0 bridgehead atoms. The van der Waals surface area contributed by atoms with Crippen molar-refractivity contribution in [2.75, 3.05) is 26.4 Å². The van der Waals surface area contributed by atoms with Gasteiger partial charge in [0, 0.05) is 18.0 Å². The van der Waals surface area contributed by atoms with Gasteiger partial charge in [-0.25, -0.2) is 0 Å². The van der Waals surface area contributed by atoms with Crippen LogP contribution in [0.2, 0.25) is 0 Å². The third kappa shape index (κ3) is 4.34. The summed E-state index contributed by atoms with van der Waals surface area (Å²) in [5, 5.41) is 14.7. The molecule has 0 fully saturated rings. The minimum absolute atomic E-state index is 0.0844. The number of nitrogens with zero attached hydrogens (tertiary/aromatic N) is 5. The molecule has 0 aliphatic rings. The normalized spacial score (nSPS) is 12.5. The summed E-state index contributed by atoms with van der Waals surface area (Å²) in [7, 11) is 4.00. The van der Waals surface area contributed by atoms with Crippen LogP contribution in [0.3, 0.4) is 0 Å². The zero-order valence-corrected chi connectivity index (χ0v) is 19.5. The number of hydrogen-bond donors (Lipinski definition) is 1. The lowest BCUT2D eigenvalue weighted by molar-refractivity contribution is -0.118. The van der Waals surface area contributed by atoms with Crippen LogP contribution in [0.25, 0.3) is 16.7 Å². The lowest BCUT2D eigenvalue weighted by atomic mass is 10.2. The highest BCUT2D eigenvalue weighted by Crippen LogP contribution is 2.23. The summed E-state index contributed by atoms with van der Waals surface area (Å²) < 4.78 is 3.36. The molecule has 1 aromatic carbocycles. The summed E-state index contributed by atoms with van der Waals surface area (Å²) >= 11 is 2.97. The van der Waals surface area contributed by atoms with Crippen molar-refractivity contribution in [2.45, 2.75) is 17.7 Å². The van der Waals surface area contributed by atoms with Gasteiger partial charge < -0.3 is 10.2 Å². The first-order valence-corrected chi connectivity index (χ1v) is 11.9. The fraction of sp³-hybridized carbons (Fsp3) is 0.273. The molecule has 1 atom stereocenters. The molecule has 3 heterocycles. The smallest absolute Gasteiger partial charge is 0.263 e. The molecule has 0 spiro atoms. The Balaban J connectivity index is 1.54. The van der Waals surface area contributed by atoms with Crippen molar-refractivity contribution >= 4 is 45.7 Å². The van der Waals surface area contributed by atoms with E-state index >= 15 is 0 Å². The van der Waals surface area contributed by atoms with Gasteiger partial charge >= 0.3 is 0 Å². The number of carbonyl (C=O) groups excluding carboxylic acids is 1. The summed E-state index contributed by atoms with van der Waals surface area (Å²) in [5.41, 5.74) is 0.573. The topological polar surface area (TPSA) is 84.5 Å². The number of para-hydroxylation sites is 1. The van der Waals surface area contributed by atoms with Crippen molar-refractivity contribution in [1.82, 2.24) is 29.4 Å². The van der Waals surface area contributed by atoms with Crippen LogP contribution in [0.5, 0.6) is 0 Å². The summed E-state index contributed by atoms with van der Waals surface area (Å²) in [5.74, 6) is 0.543. The molecule has 0 saturated heterocycles. The minimum atomic E-state index is -0.141. The lowest BCUT2D eigenvalue weighted by Crippen LogP contribution is -2.35. The van der Waals surface area contributed by atoms with Crippen LogP contribution < -0.4 is 10.9 Å². The van der Waals surface area contributed by atoms with Crippen molar-refractivity contribution in [3.8, 4) is 0 Å². The predicted molar refractivity (Wildman–Crippen MR) is 129 cm³/mol. The van der Waals surface area contributed by atoms with Gasteiger partial charge in [-0.3, -0.25) is 18.6 Å². The van der Waals surface area contributed by atoms with Crippen LogP contribution in [0, 0.1) is 0 Å². The van der Waals surface area contributed by atoms with E-state index in [4.69, 9.17) is 0 Å². The maximum atomic E-state index is 12.9. The van der Waals surface area contributed by atoms with Gasteiger partial charge in [0.05, 0.1) is 22.7 Å². The number of fused-ring (bicyclic) bond motifs is 3. The molecule has 0 aliphatic heterocycles. The Hall–Kier alpha value is -2.95. The number of allylic oxidation sites excluding steroid dienone is 1. The van der Waals surface area contributed by atoms with Crippen molar-refractivity contribution in [3.05, 3.63) is 69.7 Å². The van der Waals surface area contributed by atoms with E-state index in [1.807, 2.05) is 48.1 Å². The van der Waals surface area contributed by atoms with Gasteiger partial charge in [0.25, 0.3) is 5.56 Å². The van der Waals surface area contributed by atoms with Gasteiger partial charge in [-0.05, 0) is 37.7 Å². The van der Waals surface area contributed by atoms with Gasteiger partial charge in [-0.1, -0.05) is 36.0 Å². The highest BCUT2D eigenvalue weighted by molar-refractivity contribution is 7.99. The number of aromatic nitrogens is 4. The average molecular weight is 469 g/mol. The van der Waals surface area contributed by atoms with Crippen molar-refractivity contribution in [2.24, 2.45) is 0 Å². The number of rotatable bonds is 9. The zero-order chi connectivity index (χ0) is 22.7. The Morgan fingerprint density at radius 3 is 2.81 bits per heavy atom. The molecule has 32 heavy (non-hydrogen) atoms. The molecule has 8 nitrogen and oxygen atoms in total. The van der Waals surface area contributed by atoms with Crippen LogP contribution in [0.15, 0.2) is 64.4 Å². The van der Waals surface area contributed by atoms with Crippen molar-refractivity contribution < 1.29 is 4.79 Å². The molecular weight excluding hydrogens is 444 g/mol. The fourth-order valence-corrected chi connectivity index (χ4v) is 5.22. The first-order chi connectivity index (χ1) is 15.5. The first-order valence-electron chi connectivity index (χ1n) is 10.1. The van der Waals surface area contributed by atoms with E-state index in [0.29, 0.717) is 34.9 Å². The van der Waals surface area contributed by atoms with E-state index < -0.39 is 0 Å². The monoisotopic (exact) mass is 468 g/mol. The maximum absolute atomic E-state index is 12.9. The molecule has 10 heteroatoms. The van der Waals surface area contributed by atoms with Gasteiger partial charge in [0.2, 0.25) is 11.7 Å². The van der Waals surface area contributed by atoms with Gasteiger partial charge in [-0.2, -0.15) is 0 Å². The number of benzene rings is 1. The molecule has 1 unspecified atom stereocenters. The van der Waals surface area contributed by atoms with E-state index in [-0.39, 0.29) is 23.3 Å². The summed E-state index contributed by atoms with van der Waals surface area (Å²) in [4.78, 5) is 28.8. The number of nitrogens with one attached hydrogen (secondary N) is 1. The maximum Gasteiger partial charge on any atom is 0.263 e. The molecule has 0 aliphatic carbocycles. The Labute approximate surface area is 193 Å². The van der Waals surface area contributed by atoms with Crippen LogP contribution in [-0.2, 0) is 11.3 Å². The van der Waals surface area contributed by atoms with E-state index in [1.165, 1.54) is 21.2 Å². The van der Waals surface area contributed by atoms with Crippen LogP contribution >= 0.6 is 23.1 Å². The molecule has 3 aromatic heterocycles. The standard InChI is InChI=1S/C22H24N6O2S2/c1-4-11-27-20(30)15-8-5-6-9-16(15)28-21(27)24-25-22(28)32-14-19(29)23-13-17(26(2)3)18-10-7-12-31-18/h4-10,12,17H,1,11,13-14H2,2-3H3,(H,23,29). The van der Waals surface area contributed by atoms with Crippen LogP contribution in [0.1, 0.15) is 10.9 Å². The van der Waals surface area contributed by atoms with E-state index in [0.717, 1.165) is 0 Å². The Kier molecular flexibility index (Phi) is 6.73. The predicted octanol–water partition coefficient (Wildman–Crippen LogP) is 2.80. The minimum Gasteiger partial charge on any atom is -0.353 e. The number of hydrogen-bond acceptors (Lipinski definition) is 7. The first kappa shape index (κ1) is 22.3. The van der Waals surface area contributed by atoms with Crippen LogP contribution in [0.4, 0.5) is 0 Å². The number of amides is 1. The largest absolute Gasteiger partial charge is 0.353 e. The van der Waals surface area contributed by atoms with Gasteiger partial charge in [0.1, 0.15) is 0 Å². The average Bonchev–Trinajstić information content (AvgIpc) is 3.45. The van der Waals surface area contributed by atoms with Crippen molar-refractivity contribution in [3.63, 3.8) is 0 Å². The lowest BCUT2D eigenvalue weighted by Gasteiger charge is -2.23. The van der Waals surface area contributed by atoms with E-state index in [1.54, 1.807) is 23.5 Å². The second kappa shape index (κ2) is 9.68. The number of thioether (sulfide) groups is 1. The van der Waals surface area contributed by atoms with E-state index in [2.05, 4.69) is 33.1 Å². The third-order valence-electron chi connectivity index (χ3n) is 5.11. The molecular formula is C22H24N6O2S2. The SMILES string of the molecule is C=CCn1c(=O)c2ccccc2n2c(SCC(=O)NCC(c3cccs3)N(C)C)nnc12. The number of thiophene rings is 1. The Morgan fingerprint density at radius 1 is 1.28 bits per heavy atom. The molecule has 166 valence electrons. The Bertz CT molecular complexity index is 1310. The fourth-order valence-electron chi connectivity index (χ4n) is 3.53. The highest BCUT2D eigenvalue weighted by Gasteiger charge is 2.19. The highest BCUT2D eigenvalue weighted by atomic mass is 32.2. The van der Waals surface area contributed by atoms with E-state index in [9.17, 15) is 9.59 Å².